The van der Waals surface area contributed by atoms with Crippen molar-refractivity contribution in [3.8, 4) is 11.5 Å². The van der Waals surface area contributed by atoms with E-state index >= 15 is 0 Å². The van der Waals surface area contributed by atoms with Crippen molar-refractivity contribution in [2.45, 2.75) is 62.5 Å². The molecule has 0 saturated carbocycles. The third-order valence-electron chi connectivity index (χ3n) is 7.65. The van der Waals surface area contributed by atoms with Crippen LogP contribution in [0.15, 0.2) is 18.2 Å². The number of carboxylic acid groups (broad SMARTS) is 1. The second kappa shape index (κ2) is 14.5. The Hall–Kier alpha value is -4.20. The van der Waals surface area contributed by atoms with E-state index in [0.717, 1.165) is 42.6 Å². The van der Waals surface area contributed by atoms with Crippen LogP contribution < -0.4 is 60.1 Å². The second-order valence-corrected chi connectivity index (χ2v) is 12.9. The van der Waals surface area contributed by atoms with Crippen LogP contribution in [0, 0.1) is 0 Å². The molecule has 3 saturated heterocycles. The predicted molar refractivity (Wildman–Crippen MR) is 155 cm³/mol. The van der Waals surface area contributed by atoms with Gasteiger partial charge in [0, 0.05) is 38.2 Å². The van der Waals surface area contributed by atoms with Crippen molar-refractivity contribution in [3.05, 3.63) is 23.8 Å². The minimum absolute atomic E-state index is 0. The number of carbonyl (C=O) groups excluding carboxylic acids is 9. The Morgan fingerprint density at radius 1 is 1.04 bits per heavy atom. The molecule has 3 fully saturated rings. The normalized spacial score (nSPS) is 23.1. The standard InChI is InChI=1S/C28H32N6O12S.Na/c1-6-32-9-10-33(22(40)21(32)39)26(44)30-18(15-7-8-16(45-13(2)36)17(11-15)46-14(3)37)20(38)31-28(29-12-35)24(43)34-19(23(41)42)27(4,5)47-25(28)34;/h7-8,11-12,18-19,25H,6,9-10H2,1-5H3,(H,29,35)(H,30,44)(H,31,38)(H,41,42);/q;+1/p-1/t18?,19-,25+,28+;/m0./s1. The summed E-state index contributed by atoms with van der Waals surface area (Å²) in [6.45, 7) is 6.88. The van der Waals surface area contributed by atoms with Gasteiger partial charge in [-0.15, -0.1) is 11.8 Å². The topological polar surface area (TPSA) is 241 Å². The van der Waals surface area contributed by atoms with Gasteiger partial charge in [0.05, 0.1) is 12.0 Å². The summed E-state index contributed by atoms with van der Waals surface area (Å²) in [5, 5.41) is 17.8. The number of carbonyl (C=O) groups is 9. The maximum atomic E-state index is 14.0. The van der Waals surface area contributed by atoms with Crippen molar-refractivity contribution in [1.82, 2.24) is 30.7 Å². The molecule has 48 heavy (non-hydrogen) atoms. The van der Waals surface area contributed by atoms with Crippen molar-refractivity contribution in [1.29, 1.82) is 0 Å². The van der Waals surface area contributed by atoms with Gasteiger partial charge >= 0.3 is 59.3 Å². The summed E-state index contributed by atoms with van der Waals surface area (Å²) in [6.07, 6.45) is 0.132. The molecule has 4 rings (SSSR count). The molecule has 20 heteroatoms. The molecule has 0 aliphatic carbocycles. The smallest absolute Gasteiger partial charge is 0.548 e. The Morgan fingerprint density at radius 2 is 1.67 bits per heavy atom. The van der Waals surface area contributed by atoms with Gasteiger partial charge in [-0.05, 0) is 38.5 Å². The van der Waals surface area contributed by atoms with Crippen LogP contribution in [0.4, 0.5) is 4.79 Å². The molecule has 1 aromatic carbocycles. The quantitative estimate of drug-likeness (QED) is 0.0393. The number of rotatable bonds is 10. The number of benzene rings is 1. The van der Waals surface area contributed by atoms with E-state index in [4.69, 9.17) is 9.47 Å². The van der Waals surface area contributed by atoms with Crippen LogP contribution in [0.2, 0.25) is 0 Å². The van der Waals surface area contributed by atoms with E-state index in [1.807, 2.05) is 0 Å². The first-order valence-electron chi connectivity index (χ1n) is 14.2. The van der Waals surface area contributed by atoms with Gasteiger partial charge in [0.2, 0.25) is 18.0 Å². The van der Waals surface area contributed by atoms with Crippen LogP contribution in [0.3, 0.4) is 0 Å². The largest absolute Gasteiger partial charge is 1.00 e. The van der Waals surface area contributed by atoms with Crippen molar-refractivity contribution in [2.75, 3.05) is 19.6 Å². The van der Waals surface area contributed by atoms with E-state index in [9.17, 15) is 48.3 Å². The van der Waals surface area contributed by atoms with E-state index < -0.39 is 75.4 Å². The number of carboxylic acids is 1. The fourth-order valence-electron chi connectivity index (χ4n) is 5.53. The summed E-state index contributed by atoms with van der Waals surface area (Å²) in [5.41, 5.74) is -2.30. The number of β-lactam (4-membered cyclic amide) rings is 1. The van der Waals surface area contributed by atoms with E-state index in [1.165, 1.54) is 24.8 Å². The summed E-state index contributed by atoms with van der Waals surface area (Å²) in [4.78, 5) is 116. The first-order chi connectivity index (χ1) is 22.0. The van der Waals surface area contributed by atoms with E-state index in [-0.39, 0.29) is 72.7 Å². The Labute approximate surface area is 299 Å². The summed E-state index contributed by atoms with van der Waals surface area (Å²) in [7, 11) is 0. The van der Waals surface area contributed by atoms with Crippen LogP contribution in [0.25, 0.3) is 0 Å². The van der Waals surface area contributed by atoms with E-state index in [2.05, 4.69) is 16.0 Å². The van der Waals surface area contributed by atoms with Crippen LogP contribution in [-0.2, 0) is 38.4 Å². The molecule has 1 aromatic rings. The number of nitrogens with one attached hydrogen (secondary N) is 3. The molecule has 0 spiro atoms. The summed E-state index contributed by atoms with van der Waals surface area (Å²) < 4.78 is 9.09. The number of thioether (sulfide) groups is 1. The fraction of sp³-hybridized carbons (Fsp3) is 0.464. The number of ether oxygens (including phenoxy) is 2. The van der Waals surface area contributed by atoms with Gasteiger partial charge < -0.3 is 45.1 Å². The number of hydrogen-bond acceptors (Lipinski definition) is 13. The maximum Gasteiger partial charge on any atom is 1.00 e. The molecule has 0 aromatic heterocycles. The Bertz CT molecular complexity index is 1590. The molecule has 0 bridgehead atoms. The van der Waals surface area contributed by atoms with Crippen molar-refractivity contribution < 1.29 is 87.3 Å². The third kappa shape index (κ3) is 6.99. The minimum atomic E-state index is -2.18. The number of imide groups is 1. The van der Waals surface area contributed by atoms with Crippen LogP contribution in [0.1, 0.15) is 46.2 Å². The number of fused-ring (bicyclic) bond motifs is 1. The Balaban J connectivity index is 0.00000625. The third-order valence-corrected chi connectivity index (χ3v) is 9.29. The zero-order chi connectivity index (χ0) is 35.0. The number of amides is 7. The van der Waals surface area contributed by atoms with Gasteiger partial charge in [-0.3, -0.25) is 38.5 Å². The molecule has 3 aliphatic rings. The predicted octanol–water partition coefficient (Wildman–Crippen LogP) is -5.65. The number of nitrogens with zero attached hydrogens (tertiary/aromatic N) is 3. The minimum Gasteiger partial charge on any atom is -0.548 e. The SMILES string of the molecule is CCN1CCN(C(=O)NC(C(=O)N[C@]2(NC=O)C(=O)N3[C@@H](C(=O)[O-])C(C)(C)S[C@@H]32)c2ccc(OC(C)=O)c(OC(C)=O)c2)C(=O)C1=O.[Na+]. The maximum absolute atomic E-state index is 14.0. The van der Waals surface area contributed by atoms with Crippen LogP contribution in [-0.4, -0.2) is 110 Å². The fourth-order valence-corrected chi connectivity index (χ4v) is 7.18. The molecular weight excluding hydrogens is 667 g/mol. The molecule has 3 aliphatic heterocycles. The van der Waals surface area contributed by atoms with Crippen molar-refractivity contribution >= 4 is 65.7 Å². The monoisotopic (exact) mass is 698 g/mol. The number of esters is 2. The van der Waals surface area contributed by atoms with Crippen molar-refractivity contribution in [3.63, 3.8) is 0 Å². The molecule has 0 radical (unpaired) electrons. The van der Waals surface area contributed by atoms with Gasteiger partial charge in [-0.2, -0.15) is 0 Å². The Kier molecular flexibility index (Phi) is 11.6. The van der Waals surface area contributed by atoms with Gasteiger partial charge in [0.25, 0.3) is 5.91 Å². The van der Waals surface area contributed by atoms with E-state index in [1.54, 1.807) is 6.92 Å². The first kappa shape index (κ1) is 38.2. The van der Waals surface area contributed by atoms with Gasteiger partial charge in [-0.1, -0.05) is 6.07 Å². The van der Waals surface area contributed by atoms with Gasteiger partial charge in [0.15, 0.2) is 11.5 Å². The number of hydrogen-bond donors (Lipinski definition) is 3. The molecule has 4 atom stereocenters. The zero-order valence-corrected chi connectivity index (χ0v) is 29.6. The van der Waals surface area contributed by atoms with Crippen LogP contribution in [0.5, 0.6) is 11.5 Å². The van der Waals surface area contributed by atoms with Crippen molar-refractivity contribution in [2.24, 2.45) is 0 Å². The van der Waals surface area contributed by atoms with Gasteiger partial charge in [-0.25, -0.2) is 4.79 Å². The molecule has 3 N–H and O–H groups in total. The summed E-state index contributed by atoms with van der Waals surface area (Å²) >= 11 is 0.970. The molecular formula is C28H31N6NaO12S. The molecule has 252 valence electrons. The summed E-state index contributed by atoms with van der Waals surface area (Å²) in [5.74, 6) is -7.96. The van der Waals surface area contributed by atoms with Crippen LogP contribution >= 0.6 is 11.8 Å². The average Bonchev–Trinajstić information content (AvgIpc) is 3.26. The molecule has 3 heterocycles. The molecule has 7 amide bonds. The first-order valence-corrected chi connectivity index (χ1v) is 15.0. The second-order valence-electron chi connectivity index (χ2n) is 11.2. The Morgan fingerprint density at radius 3 is 2.23 bits per heavy atom. The molecule has 1 unspecified atom stereocenters. The number of urea groups is 1. The average molecular weight is 699 g/mol. The summed E-state index contributed by atoms with van der Waals surface area (Å²) in [6, 6.07) is -0.939. The van der Waals surface area contributed by atoms with Gasteiger partial charge in [0.1, 0.15) is 11.4 Å². The number of aliphatic carboxylic acids is 1. The van der Waals surface area contributed by atoms with E-state index in [0.29, 0.717) is 4.90 Å². The molecule has 18 nitrogen and oxygen atoms in total. The number of likely N-dealkylation sites (N-methyl/N-ethyl adjacent to an activating group) is 1. The number of piperazine rings is 1. The zero-order valence-electron chi connectivity index (χ0n) is 26.8.